The number of benzene rings is 1. The van der Waals surface area contributed by atoms with Crippen molar-refractivity contribution in [2.24, 2.45) is 0 Å². The molecule has 0 aliphatic carbocycles. The van der Waals surface area contributed by atoms with Gasteiger partial charge >= 0.3 is 0 Å². The molecule has 5 aromatic rings. The highest BCUT2D eigenvalue weighted by atomic mass is 35.5. The van der Waals surface area contributed by atoms with Crippen LogP contribution < -0.4 is 11.1 Å². The number of nitrogens with two attached hydrogens (primary N) is 1. The largest absolute Gasteiger partial charge is 0.450 e. The summed E-state index contributed by atoms with van der Waals surface area (Å²) in [4.78, 5) is 4.39. The quantitative estimate of drug-likeness (QED) is 0.320. The minimum atomic E-state index is 0. The number of halogens is 2. The van der Waals surface area contributed by atoms with Gasteiger partial charge in [-0.3, -0.25) is 4.68 Å². The van der Waals surface area contributed by atoms with Crippen molar-refractivity contribution in [1.82, 2.24) is 20.1 Å². The van der Waals surface area contributed by atoms with Gasteiger partial charge in [0, 0.05) is 33.8 Å². The molecule has 1 saturated heterocycles. The second-order valence-corrected chi connectivity index (χ2v) is 9.14. The van der Waals surface area contributed by atoms with Crippen molar-refractivity contribution in [3.05, 3.63) is 53.3 Å². The average molecular weight is 486 g/mol. The maximum absolute atomic E-state index is 6.93. The molecular formula is C23H21Cl2N5OS. The predicted molar refractivity (Wildman–Crippen MR) is 134 cm³/mol. The van der Waals surface area contributed by atoms with Crippen LogP contribution in [0.15, 0.2) is 52.7 Å². The molecule has 0 bridgehead atoms. The minimum absolute atomic E-state index is 0. The summed E-state index contributed by atoms with van der Waals surface area (Å²) in [7, 11) is 0. The summed E-state index contributed by atoms with van der Waals surface area (Å²) < 4.78 is 9.42. The molecule has 4 aromatic heterocycles. The SMILES string of the molecule is Cl.Nc1ncc(-c2cnn(C3CCNCC3)c2)c2c(Cl)c(-c3cccc4ccsc34)oc12. The van der Waals surface area contributed by atoms with E-state index in [4.69, 9.17) is 21.8 Å². The summed E-state index contributed by atoms with van der Waals surface area (Å²) in [5.74, 6) is 0.951. The van der Waals surface area contributed by atoms with Crippen LogP contribution in [0.4, 0.5) is 5.82 Å². The van der Waals surface area contributed by atoms with Crippen LogP contribution in [0.3, 0.4) is 0 Å². The van der Waals surface area contributed by atoms with Gasteiger partial charge in [-0.2, -0.15) is 5.10 Å². The van der Waals surface area contributed by atoms with Crippen molar-refractivity contribution in [3.8, 4) is 22.5 Å². The monoisotopic (exact) mass is 485 g/mol. The number of aromatic nitrogens is 3. The second kappa shape index (κ2) is 8.41. The first-order chi connectivity index (χ1) is 15.2. The van der Waals surface area contributed by atoms with Crippen LogP contribution in [0, 0.1) is 0 Å². The van der Waals surface area contributed by atoms with Crippen molar-refractivity contribution < 1.29 is 4.42 Å². The van der Waals surface area contributed by atoms with Gasteiger partial charge in [0.1, 0.15) is 0 Å². The molecule has 1 aromatic carbocycles. The van der Waals surface area contributed by atoms with Gasteiger partial charge in [0.2, 0.25) is 0 Å². The van der Waals surface area contributed by atoms with Gasteiger partial charge in [-0.05, 0) is 48.8 Å². The summed E-state index contributed by atoms with van der Waals surface area (Å²) in [6.07, 6.45) is 7.84. The fourth-order valence-electron chi connectivity index (χ4n) is 4.40. The molecular weight excluding hydrogens is 465 g/mol. The summed E-state index contributed by atoms with van der Waals surface area (Å²) in [6, 6.07) is 8.62. The van der Waals surface area contributed by atoms with E-state index in [9.17, 15) is 0 Å². The van der Waals surface area contributed by atoms with Crippen LogP contribution in [0.5, 0.6) is 0 Å². The third kappa shape index (κ3) is 3.36. The Kier molecular flexibility index (Phi) is 5.59. The predicted octanol–water partition coefficient (Wildman–Crippen LogP) is 6.15. The third-order valence-electron chi connectivity index (χ3n) is 6.00. The smallest absolute Gasteiger partial charge is 0.179 e. The molecule has 0 unspecified atom stereocenters. The van der Waals surface area contributed by atoms with Gasteiger partial charge < -0.3 is 15.5 Å². The molecule has 0 atom stereocenters. The van der Waals surface area contributed by atoms with E-state index in [0.717, 1.165) is 58.1 Å². The molecule has 6 rings (SSSR count). The molecule has 164 valence electrons. The molecule has 3 N–H and O–H groups in total. The molecule has 0 saturated carbocycles. The van der Waals surface area contributed by atoms with E-state index in [1.165, 1.54) is 0 Å². The molecule has 1 aliphatic heterocycles. The molecule has 0 radical (unpaired) electrons. The zero-order valence-corrected chi connectivity index (χ0v) is 19.4. The number of nitrogens with one attached hydrogen (secondary N) is 1. The highest BCUT2D eigenvalue weighted by molar-refractivity contribution is 7.17. The Morgan fingerprint density at radius 2 is 2.00 bits per heavy atom. The Labute approximate surface area is 199 Å². The Morgan fingerprint density at radius 1 is 1.16 bits per heavy atom. The van der Waals surface area contributed by atoms with Crippen molar-refractivity contribution in [2.75, 3.05) is 18.8 Å². The molecule has 9 heteroatoms. The first-order valence-electron chi connectivity index (χ1n) is 10.3. The van der Waals surface area contributed by atoms with Crippen LogP contribution >= 0.6 is 35.3 Å². The maximum atomic E-state index is 6.93. The fraction of sp³-hybridized carbons (Fsp3) is 0.217. The van der Waals surface area contributed by atoms with Gasteiger partial charge in [-0.1, -0.05) is 23.7 Å². The number of thiophene rings is 1. The lowest BCUT2D eigenvalue weighted by Crippen LogP contribution is -2.29. The summed E-state index contributed by atoms with van der Waals surface area (Å²) in [5.41, 5.74) is 9.50. The van der Waals surface area contributed by atoms with Gasteiger partial charge in [-0.15, -0.1) is 23.7 Å². The Hall–Kier alpha value is -2.58. The third-order valence-corrected chi connectivity index (χ3v) is 7.33. The van der Waals surface area contributed by atoms with Crippen molar-refractivity contribution in [2.45, 2.75) is 18.9 Å². The van der Waals surface area contributed by atoms with E-state index >= 15 is 0 Å². The molecule has 0 amide bonds. The lowest BCUT2D eigenvalue weighted by atomic mass is 10.1. The van der Waals surface area contributed by atoms with Gasteiger partial charge in [0.05, 0.1) is 22.6 Å². The highest BCUT2D eigenvalue weighted by Gasteiger charge is 2.23. The number of hydrogen-bond acceptors (Lipinski definition) is 6. The minimum Gasteiger partial charge on any atom is -0.450 e. The van der Waals surface area contributed by atoms with E-state index in [0.29, 0.717) is 28.2 Å². The Bertz CT molecular complexity index is 1420. The van der Waals surface area contributed by atoms with Crippen LogP contribution in [0.1, 0.15) is 18.9 Å². The van der Waals surface area contributed by atoms with Gasteiger partial charge in [0.15, 0.2) is 17.2 Å². The number of hydrogen-bond donors (Lipinski definition) is 2. The normalized spacial score (nSPS) is 14.8. The molecule has 5 heterocycles. The van der Waals surface area contributed by atoms with Crippen LogP contribution in [0.25, 0.3) is 43.5 Å². The number of piperidine rings is 1. The van der Waals surface area contributed by atoms with Crippen LogP contribution in [-0.4, -0.2) is 27.9 Å². The van der Waals surface area contributed by atoms with E-state index in [-0.39, 0.29) is 12.4 Å². The van der Waals surface area contributed by atoms with Crippen LogP contribution in [-0.2, 0) is 0 Å². The number of rotatable bonds is 3. The Morgan fingerprint density at radius 3 is 2.84 bits per heavy atom. The lowest BCUT2D eigenvalue weighted by Gasteiger charge is -2.22. The fourth-order valence-corrected chi connectivity index (χ4v) is 5.64. The number of nitrogen functional groups attached to an aromatic ring is 1. The molecule has 1 fully saturated rings. The standard InChI is InChI=1S/C23H20ClN5OS.ClH/c24-19-18-17(14-10-28-29(12-14)15-4-7-26-8-5-15)11-27-23(25)21(18)30-20(19)16-3-1-2-13-6-9-31-22(13)16;/h1-3,6,9-12,15,26H,4-5,7-8H2,(H2,25,27);1H. The molecule has 32 heavy (non-hydrogen) atoms. The van der Waals surface area contributed by atoms with Crippen molar-refractivity contribution >= 4 is 62.2 Å². The second-order valence-electron chi connectivity index (χ2n) is 7.84. The topological polar surface area (TPSA) is 81.9 Å². The van der Waals surface area contributed by atoms with Gasteiger partial charge in [-0.25, -0.2) is 4.98 Å². The zero-order chi connectivity index (χ0) is 20.9. The van der Waals surface area contributed by atoms with E-state index < -0.39 is 0 Å². The number of pyridine rings is 1. The number of anilines is 1. The van der Waals surface area contributed by atoms with Gasteiger partial charge in [0.25, 0.3) is 0 Å². The lowest BCUT2D eigenvalue weighted by molar-refractivity contribution is 0.343. The Balaban J connectivity index is 0.00000216. The molecule has 0 spiro atoms. The highest BCUT2D eigenvalue weighted by Crippen LogP contribution is 2.45. The summed E-state index contributed by atoms with van der Waals surface area (Å²) in [5, 5.41) is 12.6. The average Bonchev–Trinajstić information content (AvgIpc) is 3.54. The summed E-state index contributed by atoms with van der Waals surface area (Å²) in [6.45, 7) is 2.03. The first kappa shape index (κ1) is 21.3. The number of furan rings is 1. The molecule has 1 aliphatic rings. The maximum Gasteiger partial charge on any atom is 0.179 e. The van der Waals surface area contributed by atoms with Crippen LogP contribution in [0.2, 0.25) is 5.02 Å². The van der Waals surface area contributed by atoms with Crippen molar-refractivity contribution in [1.29, 1.82) is 0 Å². The van der Waals surface area contributed by atoms with E-state index in [2.05, 4.69) is 43.8 Å². The van der Waals surface area contributed by atoms with Crippen molar-refractivity contribution in [3.63, 3.8) is 0 Å². The number of fused-ring (bicyclic) bond motifs is 2. The zero-order valence-electron chi connectivity index (χ0n) is 17.0. The molecule has 6 nitrogen and oxygen atoms in total. The number of nitrogens with zero attached hydrogens (tertiary/aromatic N) is 3. The summed E-state index contributed by atoms with van der Waals surface area (Å²) >= 11 is 8.60. The first-order valence-corrected chi connectivity index (χ1v) is 11.5. The van der Waals surface area contributed by atoms with E-state index in [1.54, 1.807) is 17.5 Å². The van der Waals surface area contributed by atoms with E-state index in [1.807, 2.05) is 18.3 Å².